The van der Waals surface area contributed by atoms with Crippen molar-refractivity contribution in [3.05, 3.63) is 35.4 Å². The molecule has 0 aliphatic heterocycles. The maximum absolute atomic E-state index is 11.2. The zero-order valence-corrected chi connectivity index (χ0v) is 9.36. The molecule has 0 atom stereocenters. The van der Waals surface area contributed by atoms with Gasteiger partial charge in [-0.2, -0.15) is 0 Å². The van der Waals surface area contributed by atoms with E-state index in [1.54, 1.807) is 18.2 Å². The first-order valence-electron chi connectivity index (χ1n) is 4.91. The van der Waals surface area contributed by atoms with Crippen molar-refractivity contribution in [1.82, 2.24) is 5.32 Å². The van der Waals surface area contributed by atoms with Gasteiger partial charge in [-0.25, -0.2) is 4.79 Å². The Morgan fingerprint density at radius 2 is 2.31 bits per heavy atom. The number of nitrogens with one attached hydrogen (secondary N) is 1. The number of likely N-dealkylation sites (N-methyl/N-ethyl adjacent to an activating group) is 1. The predicted molar refractivity (Wildman–Crippen MR) is 62.4 cm³/mol. The van der Waals surface area contributed by atoms with Gasteiger partial charge in [-0.3, -0.25) is 0 Å². The zero-order valence-electron chi connectivity index (χ0n) is 9.36. The van der Waals surface area contributed by atoms with Crippen molar-refractivity contribution in [3.63, 3.8) is 0 Å². The van der Waals surface area contributed by atoms with Crippen molar-refractivity contribution < 1.29 is 14.6 Å². The van der Waals surface area contributed by atoms with E-state index in [-0.39, 0.29) is 5.75 Å². The molecule has 1 aromatic rings. The van der Waals surface area contributed by atoms with E-state index in [9.17, 15) is 9.90 Å². The molecular formula is C12H15NO3. The van der Waals surface area contributed by atoms with Gasteiger partial charge in [0.2, 0.25) is 0 Å². The van der Waals surface area contributed by atoms with Crippen LogP contribution in [0.4, 0.5) is 0 Å². The van der Waals surface area contributed by atoms with Gasteiger partial charge in [0.1, 0.15) is 5.75 Å². The molecule has 0 unspecified atom stereocenters. The van der Waals surface area contributed by atoms with Crippen LogP contribution in [0.3, 0.4) is 0 Å². The molecule has 0 bridgehead atoms. The molecule has 2 N–H and O–H groups in total. The Kier molecular flexibility index (Phi) is 4.54. The van der Waals surface area contributed by atoms with Crippen molar-refractivity contribution in [2.75, 3.05) is 20.7 Å². The number of methoxy groups -OCH3 is 1. The third kappa shape index (κ3) is 3.10. The van der Waals surface area contributed by atoms with Gasteiger partial charge >= 0.3 is 5.97 Å². The number of hydrogen-bond acceptors (Lipinski definition) is 4. The number of phenolic OH excluding ortho intramolecular Hbond substituents is 1. The highest BCUT2D eigenvalue weighted by atomic mass is 16.5. The average Bonchev–Trinajstić information content (AvgIpc) is 2.30. The van der Waals surface area contributed by atoms with Crippen LogP contribution in [0.1, 0.15) is 15.9 Å². The van der Waals surface area contributed by atoms with Crippen molar-refractivity contribution in [2.45, 2.75) is 0 Å². The smallest absolute Gasteiger partial charge is 0.337 e. The van der Waals surface area contributed by atoms with Crippen LogP contribution in [-0.2, 0) is 4.74 Å². The molecule has 0 aliphatic carbocycles. The highest BCUT2D eigenvalue weighted by Crippen LogP contribution is 2.20. The molecule has 0 heterocycles. The zero-order chi connectivity index (χ0) is 12.0. The summed E-state index contributed by atoms with van der Waals surface area (Å²) in [5, 5.41) is 12.6. The summed E-state index contributed by atoms with van der Waals surface area (Å²) < 4.78 is 4.55. The largest absolute Gasteiger partial charge is 0.507 e. The van der Waals surface area contributed by atoms with Crippen molar-refractivity contribution in [2.24, 2.45) is 0 Å². The lowest BCUT2D eigenvalue weighted by atomic mass is 10.1. The van der Waals surface area contributed by atoms with E-state index in [1.807, 2.05) is 13.1 Å². The summed E-state index contributed by atoms with van der Waals surface area (Å²) in [5.41, 5.74) is 1.01. The van der Waals surface area contributed by atoms with Crippen LogP contribution in [0.25, 0.3) is 6.08 Å². The van der Waals surface area contributed by atoms with E-state index in [4.69, 9.17) is 0 Å². The average molecular weight is 221 g/mol. The molecule has 0 amide bonds. The topological polar surface area (TPSA) is 58.6 Å². The fraction of sp³-hybridized carbons (Fsp3) is 0.250. The minimum Gasteiger partial charge on any atom is -0.507 e. The van der Waals surface area contributed by atoms with Crippen LogP contribution in [0.5, 0.6) is 5.75 Å². The number of carbonyl (C=O) groups is 1. The van der Waals surface area contributed by atoms with Crippen LogP contribution in [-0.4, -0.2) is 31.8 Å². The molecule has 0 saturated carbocycles. The van der Waals surface area contributed by atoms with E-state index in [0.29, 0.717) is 11.1 Å². The maximum atomic E-state index is 11.2. The Morgan fingerprint density at radius 3 is 2.88 bits per heavy atom. The Bertz CT molecular complexity index is 399. The minimum absolute atomic E-state index is 0.0650. The van der Waals surface area contributed by atoms with E-state index in [1.165, 1.54) is 13.2 Å². The van der Waals surface area contributed by atoms with Crippen LogP contribution in [0.2, 0.25) is 0 Å². The van der Waals surface area contributed by atoms with Gasteiger partial charge in [0.15, 0.2) is 0 Å². The molecule has 0 fully saturated rings. The normalized spacial score (nSPS) is 10.6. The molecular weight excluding hydrogens is 206 g/mol. The number of aromatic hydroxyl groups is 1. The van der Waals surface area contributed by atoms with Gasteiger partial charge < -0.3 is 15.2 Å². The Morgan fingerprint density at radius 1 is 1.56 bits per heavy atom. The first-order valence-corrected chi connectivity index (χ1v) is 4.91. The summed E-state index contributed by atoms with van der Waals surface area (Å²) in [5.74, 6) is -0.392. The van der Waals surface area contributed by atoms with E-state index in [0.717, 1.165) is 6.54 Å². The summed E-state index contributed by atoms with van der Waals surface area (Å²) in [4.78, 5) is 11.2. The molecule has 4 heteroatoms. The molecule has 86 valence electrons. The first-order chi connectivity index (χ1) is 7.69. The van der Waals surface area contributed by atoms with Gasteiger partial charge in [-0.1, -0.05) is 18.2 Å². The van der Waals surface area contributed by atoms with Crippen LogP contribution >= 0.6 is 0 Å². The van der Waals surface area contributed by atoms with Gasteiger partial charge in [0, 0.05) is 12.1 Å². The summed E-state index contributed by atoms with van der Waals surface area (Å²) in [6, 6.07) is 4.68. The lowest BCUT2D eigenvalue weighted by Gasteiger charge is -2.02. The number of esters is 1. The quantitative estimate of drug-likeness (QED) is 0.755. The Hall–Kier alpha value is -1.81. The lowest BCUT2D eigenvalue weighted by Crippen LogP contribution is -2.03. The third-order valence-electron chi connectivity index (χ3n) is 2.07. The molecule has 16 heavy (non-hydrogen) atoms. The number of hydrogen-bond donors (Lipinski definition) is 2. The number of phenols is 1. The SMILES string of the molecule is CNCC=Cc1ccc(C(=O)OC)cc1O. The molecule has 1 rings (SSSR count). The van der Waals surface area contributed by atoms with E-state index < -0.39 is 5.97 Å². The van der Waals surface area contributed by atoms with Crippen molar-refractivity contribution in [1.29, 1.82) is 0 Å². The minimum atomic E-state index is -0.457. The molecule has 0 aromatic heterocycles. The molecule has 0 aliphatic rings. The van der Waals surface area contributed by atoms with Crippen molar-refractivity contribution >= 4 is 12.0 Å². The number of rotatable bonds is 4. The summed E-state index contributed by atoms with van der Waals surface area (Å²) >= 11 is 0. The van der Waals surface area contributed by atoms with Crippen LogP contribution < -0.4 is 5.32 Å². The summed E-state index contributed by atoms with van der Waals surface area (Å²) in [6.45, 7) is 0.720. The Balaban J connectivity index is 2.87. The molecule has 4 nitrogen and oxygen atoms in total. The molecule has 0 spiro atoms. The standard InChI is InChI=1S/C12H15NO3/c1-13-7-3-4-9-5-6-10(8-11(9)14)12(15)16-2/h3-6,8,13-14H,7H2,1-2H3. The first kappa shape index (κ1) is 12.3. The molecule has 0 radical (unpaired) electrons. The predicted octanol–water partition coefficient (Wildman–Crippen LogP) is 1.41. The second-order valence-electron chi connectivity index (χ2n) is 3.23. The van der Waals surface area contributed by atoms with E-state index in [2.05, 4.69) is 10.1 Å². The number of carbonyl (C=O) groups excluding carboxylic acids is 1. The van der Waals surface area contributed by atoms with Gasteiger partial charge in [-0.05, 0) is 19.2 Å². The second-order valence-corrected chi connectivity index (χ2v) is 3.23. The lowest BCUT2D eigenvalue weighted by molar-refractivity contribution is 0.0600. The third-order valence-corrected chi connectivity index (χ3v) is 2.07. The molecule has 1 aromatic carbocycles. The van der Waals surface area contributed by atoms with Crippen LogP contribution in [0, 0.1) is 0 Å². The Labute approximate surface area is 94.6 Å². The van der Waals surface area contributed by atoms with Gasteiger partial charge in [-0.15, -0.1) is 0 Å². The highest BCUT2D eigenvalue weighted by Gasteiger charge is 2.07. The number of benzene rings is 1. The number of ether oxygens (including phenoxy) is 1. The fourth-order valence-corrected chi connectivity index (χ4v) is 1.23. The maximum Gasteiger partial charge on any atom is 0.337 e. The van der Waals surface area contributed by atoms with E-state index >= 15 is 0 Å². The monoisotopic (exact) mass is 221 g/mol. The van der Waals surface area contributed by atoms with Gasteiger partial charge in [0.25, 0.3) is 0 Å². The summed E-state index contributed by atoms with van der Waals surface area (Å²) in [6.07, 6.45) is 3.67. The second kappa shape index (κ2) is 5.92. The highest BCUT2D eigenvalue weighted by molar-refractivity contribution is 5.90. The van der Waals surface area contributed by atoms with Crippen molar-refractivity contribution in [3.8, 4) is 5.75 Å². The molecule has 0 saturated heterocycles. The fourth-order valence-electron chi connectivity index (χ4n) is 1.23. The van der Waals surface area contributed by atoms with Gasteiger partial charge in [0.05, 0.1) is 12.7 Å². The van der Waals surface area contributed by atoms with Crippen LogP contribution in [0.15, 0.2) is 24.3 Å². The summed E-state index contributed by atoms with van der Waals surface area (Å²) in [7, 11) is 3.14.